The van der Waals surface area contributed by atoms with Crippen LogP contribution in [-0.4, -0.2) is 29.1 Å². The van der Waals surface area contributed by atoms with Crippen LogP contribution in [0, 0.1) is 5.82 Å². The van der Waals surface area contributed by atoms with E-state index in [0.29, 0.717) is 18.1 Å². The van der Waals surface area contributed by atoms with Gasteiger partial charge in [-0.1, -0.05) is 43.2 Å². The molecule has 0 saturated heterocycles. The summed E-state index contributed by atoms with van der Waals surface area (Å²) in [6.45, 7) is 0.506. The number of carbonyl (C=O) groups is 2. The van der Waals surface area contributed by atoms with Gasteiger partial charge in [0.25, 0.3) is 0 Å². The summed E-state index contributed by atoms with van der Waals surface area (Å²) >= 11 is 1.44. The van der Waals surface area contributed by atoms with Gasteiger partial charge in [0.05, 0.1) is 23.2 Å². The van der Waals surface area contributed by atoms with E-state index < -0.39 is 5.97 Å². The van der Waals surface area contributed by atoms with Crippen LogP contribution in [0.15, 0.2) is 102 Å². The number of benzene rings is 4. The van der Waals surface area contributed by atoms with Crippen molar-refractivity contribution in [1.82, 2.24) is 4.72 Å². The minimum atomic E-state index is -1.10. The normalized spacial score (nSPS) is 13.8. The van der Waals surface area contributed by atoms with Gasteiger partial charge in [-0.3, -0.25) is 9.52 Å². The van der Waals surface area contributed by atoms with Gasteiger partial charge in [0.1, 0.15) is 29.7 Å². The zero-order chi connectivity index (χ0) is 29.4. The van der Waals surface area contributed by atoms with Crippen LogP contribution in [0.3, 0.4) is 0 Å². The van der Waals surface area contributed by atoms with Crippen LogP contribution in [0.1, 0.15) is 41.6 Å². The number of aromatic carboxylic acids is 1. The summed E-state index contributed by atoms with van der Waals surface area (Å²) in [7, 11) is 0. The highest BCUT2D eigenvalue weighted by Crippen LogP contribution is 2.34. The van der Waals surface area contributed by atoms with E-state index in [1.807, 2.05) is 30.3 Å². The number of rotatable bonds is 12. The highest BCUT2D eigenvalue weighted by molar-refractivity contribution is 7.97. The maximum absolute atomic E-state index is 13.6. The number of carbonyl (C=O) groups excluding carboxylic acids is 1. The minimum absolute atomic E-state index is 0.0422. The van der Waals surface area contributed by atoms with Gasteiger partial charge in [-0.15, -0.1) is 0 Å². The number of nitrogens with one attached hydrogen (secondary N) is 2. The number of carboxylic acids is 1. The maximum atomic E-state index is 13.6. The highest BCUT2D eigenvalue weighted by atomic mass is 32.2. The van der Waals surface area contributed by atoms with Crippen LogP contribution in [0.5, 0.6) is 17.2 Å². The highest BCUT2D eigenvalue weighted by Gasteiger charge is 2.35. The Labute approximate surface area is 248 Å². The monoisotopic (exact) mass is 586 g/mol. The molecular weight excluding hydrogens is 555 g/mol. The Morgan fingerprint density at radius 1 is 0.857 bits per heavy atom. The molecule has 7 nitrogen and oxygen atoms in total. The van der Waals surface area contributed by atoms with Crippen molar-refractivity contribution in [2.75, 3.05) is 11.9 Å². The molecule has 1 aliphatic carbocycles. The molecule has 216 valence electrons. The Bertz CT molecular complexity index is 1520. The second kappa shape index (κ2) is 13.5. The Hall–Kier alpha value is -4.34. The lowest BCUT2D eigenvalue weighted by molar-refractivity contribution is -0.115. The fraction of sp³-hybridized carbons (Fsp3) is 0.212. The molecule has 0 radical (unpaired) electrons. The van der Waals surface area contributed by atoms with Crippen molar-refractivity contribution in [1.29, 1.82) is 0 Å². The number of ether oxygens (including phenoxy) is 2. The molecule has 1 fully saturated rings. The third-order valence-corrected chi connectivity index (χ3v) is 8.06. The van der Waals surface area contributed by atoms with Gasteiger partial charge in [0, 0.05) is 4.90 Å². The Morgan fingerprint density at radius 3 is 2.21 bits per heavy atom. The van der Waals surface area contributed by atoms with Gasteiger partial charge in [0.15, 0.2) is 0 Å². The maximum Gasteiger partial charge on any atom is 0.337 e. The fourth-order valence-electron chi connectivity index (χ4n) is 4.82. The van der Waals surface area contributed by atoms with Crippen molar-refractivity contribution in [3.63, 3.8) is 0 Å². The van der Waals surface area contributed by atoms with E-state index in [4.69, 9.17) is 9.47 Å². The zero-order valence-electron chi connectivity index (χ0n) is 22.8. The molecule has 1 aliphatic rings. The van der Waals surface area contributed by atoms with Gasteiger partial charge in [-0.05, 0) is 97.1 Å². The van der Waals surface area contributed by atoms with Crippen molar-refractivity contribution in [3.8, 4) is 17.2 Å². The van der Waals surface area contributed by atoms with Crippen LogP contribution in [0.4, 0.5) is 10.1 Å². The average molecular weight is 587 g/mol. The van der Waals surface area contributed by atoms with E-state index in [-0.39, 0.29) is 34.9 Å². The summed E-state index contributed by atoms with van der Waals surface area (Å²) in [5.41, 5.74) is 0.895. The standard InChI is InChI=1S/C33H31FN2O5S/c34-24-6-5-7-28(21-24)42-36-33(18-3-4-19-33)22-40-25-14-16-27(17-15-25)41-26-12-10-23(11-13-26)20-31(37)35-30-9-2-1-8-29(30)32(38)39/h1-2,5-17,21,36H,3-4,18-20,22H2,(H,35,37)(H,38,39). The number of carboxylic acid groups (broad SMARTS) is 1. The van der Waals surface area contributed by atoms with E-state index >= 15 is 0 Å². The molecule has 42 heavy (non-hydrogen) atoms. The fourth-order valence-corrected chi connectivity index (χ4v) is 5.74. The number of hydrogen-bond acceptors (Lipinski definition) is 6. The first-order valence-electron chi connectivity index (χ1n) is 13.7. The summed E-state index contributed by atoms with van der Waals surface area (Å²) in [4.78, 5) is 24.7. The molecule has 9 heteroatoms. The summed E-state index contributed by atoms with van der Waals surface area (Å²) in [6, 6.07) is 27.4. The van der Waals surface area contributed by atoms with E-state index in [0.717, 1.165) is 41.9 Å². The smallest absolute Gasteiger partial charge is 0.337 e. The lowest BCUT2D eigenvalue weighted by Crippen LogP contribution is -2.44. The number of amides is 1. The summed E-state index contributed by atoms with van der Waals surface area (Å²) in [5, 5.41) is 12.0. The predicted molar refractivity (Wildman–Crippen MR) is 161 cm³/mol. The van der Waals surface area contributed by atoms with Crippen LogP contribution in [0.2, 0.25) is 0 Å². The number of hydrogen-bond donors (Lipinski definition) is 3. The van der Waals surface area contributed by atoms with Crippen molar-refractivity contribution in [3.05, 3.63) is 114 Å². The zero-order valence-corrected chi connectivity index (χ0v) is 23.7. The van der Waals surface area contributed by atoms with E-state index in [9.17, 15) is 19.1 Å². The Morgan fingerprint density at radius 2 is 1.52 bits per heavy atom. The van der Waals surface area contributed by atoms with Crippen molar-refractivity contribution in [2.45, 2.75) is 42.5 Å². The lowest BCUT2D eigenvalue weighted by atomic mass is 10.0. The molecule has 1 saturated carbocycles. The summed E-state index contributed by atoms with van der Waals surface area (Å²) in [6.07, 6.45) is 4.31. The second-order valence-corrected chi connectivity index (χ2v) is 11.1. The summed E-state index contributed by atoms with van der Waals surface area (Å²) < 4.78 is 29.2. The quantitative estimate of drug-likeness (QED) is 0.148. The van der Waals surface area contributed by atoms with Crippen LogP contribution in [0.25, 0.3) is 0 Å². The number of para-hydroxylation sites is 1. The molecule has 0 aliphatic heterocycles. The summed E-state index contributed by atoms with van der Waals surface area (Å²) in [5.74, 6) is 0.340. The molecule has 5 rings (SSSR count). The molecule has 1 amide bonds. The lowest BCUT2D eigenvalue weighted by Gasteiger charge is -2.29. The van der Waals surface area contributed by atoms with Crippen LogP contribution < -0.4 is 19.5 Å². The third kappa shape index (κ3) is 7.90. The molecule has 4 aromatic rings. The Balaban J connectivity index is 1.11. The molecule has 0 bridgehead atoms. The van der Waals surface area contributed by atoms with Gasteiger partial charge in [-0.25, -0.2) is 9.18 Å². The minimum Gasteiger partial charge on any atom is -0.492 e. The third-order valence-electron chi connectivity index (χ3n) is 7.04. The first kappa shape index (κ1) is 29.2. The van der Waals surface area contributed by atoms with Crippen LogP contribution >= 0.6 is 11.9 Å². The second-order valence-electron chi connectivity index (χ2n) is 10.2. The topological polar surface area (TPSA) is 96.9 Å². The SMILES string of the molecule is O=C(Cc1ccc(Oc2ccc(OCC3(NSc4cccc(F)c4)CCCC3)cc2)cc1)Nc1ccccc1C(=O)O. The van der Waals surface area contributed by atoms with Gasteiger partial charge >= 0.3 is 5.97 Å². The molecule has 0 unspecified atom stereocenters. The van der Waals surface area contributed by atoms with E-state index in [1.54, 1.807) is 48.5 Å². The number of halogens is 1. The van der Waals surface area contributed by atoms with Gasteiger partial charge in [0.2, 0.25) is 5.91 Å². The van der Waals surface area contributed by atoms with Crippen molar-refractivity contribution in [2.24, 2.45) is 0 Å². The Kier molecular flexibility index (Phi) is 9.41. The first-order valence-corrected chi connectivity index (χ1v) is 14.5. The van der Waals surface area contributed by atoms with E-state index in [2.05, 4.69) is 10.0 Å². The molecular formula is C33H31FN2O5S. The van der Waals surface area contributed by atoms with E-state index in [1.165, 1.54) is 30.1 Å². The number of anilines is 1. The molecule has 0 atom stereocenters. The molecule has 4 aromatic carbocycles. The molecule has 0 heterocycles. The van der Waals surface area contributed by atoms with Crippen molar-refractivity contribution < 1.29 is 28.6 Å². The predicted octanol–water partition coefficient (Wildman–Crippen LogP) is 7.49. The average Bonchev–Trinajstić information content (AvgIpc) is 3.46. The van der Waals surface area contributed by atoms with Crippen LogP contribution in [-0.2, 0) is 11.2 Å². The van der Waals surface area contributed by atoms with Crippen molar-refractivity contribution >= 4 is 29.5 Å². The van der Waals surface area contributed by atoms with Gasteiger partial charge in [-0.2, -0.15) is 0 Å². The molecule has 3 N–H and O–H groups in total. The van der Waals surface area contributed by atoms with Gasteiger partial charge < -0.3 is 19.9 Å². The first-order chi connectivity index (χ1) is 20.4. The molecule has 0 aromatic heterocycles. The molecule has 0 spiro atoms. The largest absolute Gasteiger partial charge is 0.492 e.